The first-order valence-electron chi connectivity index (χ1n) is 8.20. The van der Waals surface area contributed by atoms with E-state index in [0.717, 1.165) is 12.2 Å². The Morgan fingerprint density at radius 3 is 2.48 bits per heavy atom. The van der Waals surface area contributed by atoms with Gasteiger partial charge < -0.3 is 9.88 Å². The first-order valence-corrected chi connectivity index (χ1v) is 8.20. The van der Waals surface area contributed by atoms with Crippen LogP contribution in [0.2, 0.25) is 0 Å². The number of hydrogen-bond donors (Lipinski definition) is 1. The quantitative estimate of drug-likeness (QED) is 0.855. The molecular weight excluding hydrogens is 288 g/mol. The first kappa shape index (κ1) is 17.2. The lowest BCUT2D eigenvalue weighted by molar-refractivity contribution is -0.121. The summed E-state index contributed by atoms with van der Waals surface area (Å²) in [5.74, 6) is 1.32. The molecule has 124 valence electrons. The number of amides is 1. The van der Waals surface area contributed by atoms with Crippen LogP contribution in [0.1, 0.15) is 56.0 Å². The van der Waals surface area contributed by atoms with E-state index in [2.05, 4.69) is 53.6 Å². The predicted molar refractivity (Wildman–Crippen MR) is 91.3 cm³/mol. The molecule has 5 heteroatoms. The van der Waals surface area contributed by atoms with Gasteiger partial charge in [0, 0.05) is 25.9 Å². The van der Waals surface area contributed by atoms with Crippen molar-refractivity contribution in [3.63, 3.8) is 0 Å². The molecule has 0 radical (unpaired) electrons. The topological polar surface area (TPSA) is 59.8 Å². The van der Waals surface area contributed by atoms with E-state index in [4.69, 9.17) is 0 Å². The number of benzene rings is 1. The van der Waals surface area contributed by atoms with Crippen LogP contribution in [0.5, 0.6) is 0 Å². The maximum Gasteiger partial charge on any atom is 0.220 e. The first-order chi connectivity index (χ1) is 11.0. The molecule has 0 spiro atoms. The van der Waals surface area contributed by atoms with Gasteiger partial charge in [0.1, 0.15) is 12.2 Å². The minimum atomic E-state index is 0.0751. The molecule has 2 rings (SSSR count). The van der Waals surface area contributed by atoms with Crippen molar-refractivity contribution in [1.82, 2.24) is 20.1 Å². The number of nitrogens with zero attached hydrogens (tertiary/aromatic N) is 3. The van der Waals surface area contributed by atoms with E-state index in [0.29, 0.717) is 13.0 Å². The molecule has 5 nitrogen and oxygen atoms in total. The van der Waals surface area contributed by atoms with Gasteiger partial charge in [-0.1, -0.05) is 45.0 Å². The molecule has 1 amide bonds. The normalized spacial score (nSPS) is 13.6. The maximum atomic E-state index is 12.2. The summed E-state index contributed by atoms with van der Waals surface area (Å²) in [5.41, 5.74) is 2.53. The van der Waals surface area contributed by atoms with Gasteiger partial charge in [0.05, 0.1) is 0 Å². The third-order valence-electron chi connectivity index (χ3n) is 4.24. The van der Waals surface area contributed by atoms with Crippen LogP contribution in [-0.2, 0) is 18.3 Å². The fraction of sp³-hybridized carbons (Fsp3) is 0.500. The zero-order chi connectivity index (χ0) is 16.8. The van der Waals surface area contributed by atoms with Gasteiger partial charge >= 0.3 is 0 Å². The highest BCUT2D eigenvalue weighted by molar-refractivity contribution is 5.76. The summed E-state index contributed by atoms with van der Waals surface area (Å²) in [6.45, 7) is 6.85. The van der Waals surface area contributed by atoms with Crippen LogP contribution in [0.3, 0.4) is 0 Å². The number of hydrogen-bond acceptors (Lipinski definition) is 3. The highest BCUT2D eigenvalue weighted by Crippen LogP contribution is 2.20. The fourth-order valence-electron chi connectivity index (χ4n) is 2.65. The second-order valence-electron chi connectivity index (χ2n) is 6.21. The van der Waals surface area contributed by atoms with Gasteiger partial charge in [-0.15, -0.1) is 10.2 Å². The highest BCUT2D eigenvalue weighted by atomic mass is 16.1. The molecule has 0 unspecified atom stereocenters. The van der Waals surface area contributed by atoms with Gasteiger partial charge in [-0.05, 0) is 23.5 Å². The third kappa shape index (κ3) is 4.65. The minimum Gasteiger partial charge on any atom is -0.355 e. The molecule has 0 saturated heterocycles. The second-order valence-corrected chi connectivity index (χ2v) is 6.21. The Labute approximate surface area is 138 Å². The van der Waals surface area contributed by atoms with E-state index in [1.165, 1.54) is 11.1 Å². The smallest absolute Gasteiger partial charge is 0.220 e. The van der Waals surface area contributed by atoms with Gasteiger partial charge in [-0.3, -0.25) is 4.79 Å². The summed E-state index contributed by atoms with van der Waals surface area (Å²) in [4.78, 5) is 12.2. The monoisotopic (exact) mass is 314 g/mol. The summed E-state index contributed by atoms with van der Waals surface area (Å²) in [6.07, 6.45) is 3.21. The van der Waals surface area contributed by atoms with Crippen LogP contribution < -0.4 is 5.32 Å². The van der Waals surface area contributed by atoms with Crippen LogP contribution in [0.15, 0.2) is 30.6 Å². The van der Waals surface area contributed by atoms with Crippen LogP contribution >= 0.6 is 0 Å². The number of aromatic nitrogens is 3. The van der Waals surface area contributed by atoms with Crippen molar-refractivity contribution in [2.75, 3.05) is 6.54 Å². The molecule has 0 aliphatic carbocycles. The van der Waals surface area contributed by atoms with Crippen LogP contribution in [0, 0.1) is 0 Å². The average molecular weight is 314 g/mol. The summed E-state index contributed by atoms with van der Waals surface area (Å²) in [5, 5.41) is 11.0. The van der Waals surface area contributed by atoms with Gasteiger partial charge in [-0.2, -0.15) is 0 Å². The molecule has 1 aromatic heterocycles. The van der Waals surface area contributed by atoms with Crippen LogP contribution in [0.4, 0.5) is 0 Å². The Bertz CT molecular complexity index is 633. The van der Waals surface area contributed by atoms with Crippen molar-refractivity contribution in [1.29, 1.82) is 0 Å². The zero-order valence-electron chi connectivity index (χ0n) is 14.4. The molecule has 0 fully saturated rings. The van der Waals surface area contributed by atoms with E-state index in [-0.39, 0.29) is 17.7 Å². The summed E-state index contributed by atoms with van der Waals surface area (Å²) < 4.78 is 1.88. The van der Waals surface area contributed by atoms with E-state index in [9.17, 15) is 4.79 Å². The predicted octanol–water partition coefficient (Wildman–Crippen LogP) is 2.79. The molecule has 1 heterocycles. The number of carbonyl (C=O) groups is 1. The number of nitrogens with one attached hydrogen (secondary N) is 1. The molecule has 0 saturated carbocycles. The summed E-state index contributed by atoms with van der Waals surface area (Å²) >= 11 is 0. The standard InChI is InChI=1S/C18H26N4O/c1-5-15-6-8-16(9-7-15)13(2)10-17(23)19-11-14(3)18-21-20-12-22(18)4/h6-9,12-14H,5,10-11H2,1-4H3,(H,19,23)/t13-,14-/m1/s1. The third-order valence-corrected chi connectivity index (χ3v) is 4.24. The van der Waals surface area contributed by atoms with E-state index >= 15 is 0 Å². The van der Waals surface area contributed by atoms with Crippen molar-refractivity contribution in [2.45, 2.75) is 45.4 Å². The summed E-state index contributed by atoms with van der Waals surface area (Å²) in [7, 11) is 1.91. The molecule has 23 heavy (non-hydrogen) atoms. The largest absolute Gasteiger partial charge is 0.355 e. The number of rotatable bonds is 7. The highest BCUT2D eigenvalue weighted by Gasteiger charge is 2.15. The lowest BCUT2D eigenvalue weighted by Gasteiger charge is -2.15. The molecule has 2 aromatic rings. The second kappa shape index (κ2) is 7.90. The number of aryl methyl sites for hydroxylation is 2. The molecule has 1 N–H and O–H groups in total. The van der Waals surface area contributed by atoms with Crippen molar-refractivity contribution in [2.24, 2.45) is 7.05 Å². The lowest BCUT2D eigenvalue weighted by Crippen LogP contribution is -2.29. The van der Waals surface area contributed by atoms with E-state index in [1.54, 1.807) is 6.33 Å². The minimum absolute atomic E-state index is 0.0751. The Kier molecular flexibility index (Phi) is 5.90. The van der Waals surface area contributed by atoms with Crippen molar-refractivity contribution < 1.29 is 4.79 Å². The molecule has 0 bridgehead atoms. The van der Waals surface area contributed by atoms with Crippen LogP contribution in [-0.4, -0.2) is 27.2 Å². The fourth-order valence-corrected chi connectivity index (χ4v) is 2.65. The van der Waals surface area contributed by atoms with Gasteiger partial charge in [-0.25, -0.2) is 0 Å². The van der Waals surface area contributed by atoms with Crippen molar-refractivity contribution in [3.05, 3.63) is 47.5 Å². The summed E-state index contributed by atoms with van der Waals surface area (Å²) in [6, 6.07) is 8.53. The van der Waals surface area contributed by atoms with Crippen LogP contribution in [0.25, 0.3) is 0 Å². The molecule has 0 aliphatic heterocycles. The Balaban J connectivity index is 1.83. The maximum absolute atomic E-state index is 12.2. The molecule has 2 atom stereocenters. The Hall–Kier alpha value is -2.17. The Morgan fingerprint density at radius 1 is 1.22 bits per heavy atom. The lowest BCUT2D eigenvalue weighted by atomic mass is 9.96. The molecule has 1 aromatic carbocycles. The van der Waals surface area contributed by atoms with E-state index in [1.807, 2.05) is 18.5 Å². The van der Waals surface area contributed by atoms with E-state index < -0.39 is 0 Å². The van der Waals surface area contributed by atoms with Gasteiger partial charge in [0.2, 0.25) is 5.91 Å². The number of carbonyl (C=O) groups excluding carboxylic acids is 1. The molecular formula is C18H26N4O. The van der Waals surface area contributed by atoms with Crippen molar-refractivity contribution in [3.8, 4) is 0 Å². The van der Waals surface area contributed by atoms with Gasteiger partial charge in [0.25, 0.3) is 0 Å². The Morgan fingerprint density at radius 2 is 1.91 bits per heavy atom. The zero-order valence-corrected chi connectivity index (χ0v) is 14.4. The van der Waals surface area contributed by atoms with Crippen molar-refractivity contribution >= 4 is 5.91 Å². The van der Waals surface area contributed by atoms with Gasteiger partial charge in [0.15, 0.2) is 0 Å². The SMILES string of the molecule is CCc1ccc([C@H](C)CC(=O)NC[C@@H](C)c2nncn2C)cc1. The molecule has 0 aliphatic rings. The average Bonchev–Trinajstić information content (AvgIpc) is 2.98.